The molecule has 1 saturated heterocycles. The lowest BCUT2D eigenvalue weighted by atomic mass is 10.0. The zero-order valence-corrected chi connectivity index (χ0v) is 11.5. The van der Waals surface area contributed by atoms with E-state index in [1.165, 1.54) is 4.90 Å². The van der Waals surface area contributed by atoms with Crippen molar-refractivity contribution in [3.05, 3.63) is 35.4 Å². The van der Waals surface area contributed by atoms with Gasteiger partial charge < -0.3 is 10.2 Å². The van der Waals surface area contributed by atoms with Gasteiger partial charge in [0.1, 0.15) is 11.6 Å². The van der Waals surface area contributed by atoms with Crippen LogP contribution in [0.5, 0.6) is 0 Å². The van der Waals surface area contributed by atoms with Gasteiger partial charge in [-0.3, -0.25) is 4.79 Å². The van der Waals surface area contributed by atoms with Crippen molar-refractivity contribution in [2.24, 2.45) is 0 Å². The molecule has 0 radical (unpaired) electrons. The molecular weight excluding hydrogens is 274 g/mol. The number of halogens is 3. The molecule has 0 aliphatic carbocycles. The highest BCUT2D eigenvalue weighted by Gasteiger charge is 2.24. The quantitative estimate of drug-likeness (QED) is 0.906. The van der Waals surface area contributed by atoms with E-state index >= 15 is 0 Å². The van der Waals surface area contributed by atoms with E-state index in [9.17, 15) is 13.6 Å². The highest BCUT2D eigenvalue weighted by atomic mass is 35.5. The lowest BCUT2D eigenvalue weighted by Gasteiger charge is -2.31. The highest BCUT2D eigenvalue weighted by molar-refractivity contribution is 5.94. The van der Waals surface area contributed by atoms with Gasteiger partial charge in [-0.05, 0) is 44.1 Å². The van der Waals surface area contributed by atoms with Gasteiger partial charge in [-0.2, -0.15) is 0 Å². The number of piperidine rings is 1. The third-order valence-corrected chi connectivity index (χ3v) is 3.34. The minimum absolute atomic E-state index is 0. The van der Waals surface area contributed by atoms with Crippen LogP contribution in [0.3, 0.4) is 0 Å². The molecule has 1 aromatic rings. The van der Waals surface area contributed by atoms with Crippen LogP contribution in [0, 0.1) is 11.6 Å². The number of hydrogen-bond acceptors (Lipinski definition) is 2. The maximum Gasteiger partial charge on any atom is 0.256 e. The zero-order chi connectivity index (χ0) is 13.1. The van der Waals surface area contributed by atoms with Crippen molar-refractivity contribution in [1.82, 2.24) is 10.2 Å². The molecule has 1 fully saturated rings. The summed E-state index contributed by atoms with van der Waals surface area (Å²) in [6.45, 7) is 1.68. The summed E-state index contributed by atoms with van der Waals surface area (Å²) in [5.41, 5.74) is -0.198. The van der Waals surface area contributed by atoms with Gasteiger partial charge in [0.2, 0.25) is 0 Å². The molecule has 19 heavy (non-hydrogen) atoms. The molecule has 0 unspecified atom stereocenters. The number of carbonyl (C=O) groups excluding carboxylic acids is 1. The molecule has 3 nitrogen and oxygen atoms in total. The Kier molecular flexibility index (Phi) is 5.69. The van der Waals surface area contributed by atoms with Crippen LogP contribution in [-0.2, 0) is 0 Å². The Hall–Kier alpha value is -1.20. The van der Waals surface area contributed by atoms with Crippen LogP contribution in [0.4, 0.5) is 8.78 Å². The molecule has 1 heterocycles. The normalized spacial score (nSPS) is 15.7. The van der Waals surface area contributed by atoms with Gasteiger partial charge in [0, 0.05) is 13.1 Å². The van der Waals surface area contributed by atoms with Crippen molar-refractivity contribution in [2.45, 2.75) is 18.9 Å². The lowest BCUT2D eigenvalue weighted by Crippen LogP contribution is -2.44. The first-order chi connectivity index (χ1) is 8.59. The van der Waals surface area contributed by atoms with E-state index in [0.717, 1.165) is 44.1 Å². The number of hydrogen-bond donors (Lipinski definition) is 1. The van der Waals surface area contributed by atoms with Gasteiger partial charge in [0.05, 0.1) is 5.56 Å². The maximum atomic E-state index is 13.5. The first kappa shape index (κ1) is 15.9. The van der Waals surface area contributed by atoms with Crippen LogP contribution in [0.25, 0.3) is 0 Å². The van der Waals surface area contributed by atoms with Crippen LogP contribution < -0.4 is 5.32 Å². The predicted octanol–water partition coefficient (Wildman–Crippen LogP) is 2.21. The lowest BCUT2D eigenvalue weighted by molar-refractivity contribution is 0.0698. The first-order valence-electron chi connectivity index (χ1n) is 6.02. The third kappa shape index (κ3) is 3.64. The number of amides is 1. The van der Waals surface area contributed by atoms with Crippen LogP contribution in [0.15, 0.2) is 18.2 Å². The molecule has 0 spiro atoms. The Labute approximate surface area is 117 Å². The Morgan fingerprint density at radius 1 is 1.32 bits per heavy atom. The summed E-state index contributed by atoms with van der Waals surface area (Å²) in [5.74, 6) is -1.74. The summed E-state index contributed by atoms with van der Waals surface area (Å²) in [6.07, 6.45) is 1.67. The van der Waals surface area contributed by atoms with Gasteiger partial charge >= 0.3 is 0 Å². The summed E-state index contributed by atoms with van der Waals surface area (Å²) < 4.78 is 26.6. The number of carbonyl (C=O) groups is 1. The van der Waals surface area contributed by atoms with Crippen molar-refractivity contribution in [1.29, 1.82) is 0 Å². The fourth-order valence-corrected chi connectivity index (χ4v) is 2.21. The molecule has 1 aliphatic rings. The van der Waals surface area contributed by atoms with E-state index in [1.54, 1.807) is 7.05 Å². The fraction of sp³-hybridized carbons (Fsp3) is 0.462. The van der Waals surface area contributed by atoms with E-state index in [0.29, 0.717) is 0 Å². The maximum absolute atomic E-state index is 13.5. The second-order valence-electron chi connectivity index (χ2n) is 4.52. The molecule has 1 aliphatic heterocycles. The standard InChI is InChI=1S/C13H16F2N2O.ClH/c1-17(10-4-6-16-7-5-10)13(18)11-8-9(14)2-3-12(11)15;/h2-3,8,10,16H,4-7H2,1H3;1H. The first-order valence-corrected chi connectivity index (χ1v) is 6.02. The highest BCUT2D eigenvalue weighted by Crippen LogP contribution is 2.16. The summed E-state index contributed by atoms with van der Waals surface area (Å²) >= 11 is 0. The van der Waals surface area contributed by atoms with Crippen molar-refractivity contribution < 1.29 is 13.6 Å². The molecule has 1 aromatic carbocycles. The van der Waals surface area contributed by atoms with Crippen LogP contribution in [0.1, 0.15) is 23.2 Å². The average Bonchev–Trinajstić information content (AvgIpc) is 2.41. The molecular formula is C13H17ClF2N2O. The molecule has 0 saturated carbocycles. The Bertz CT molecular complexity index is 450. The smallest absolute Gasteiger partial charge is 0.256 e. The minimum atomic E-state index is -0.679. The van der Waals surface area contributed by atoms with Crippen molar-refractivity contribution in [3.63, 3.8) is 0 Å². The number of benzene rings is 1. The van der Waals surface area contributed by atoms with E-state index in [1.807, 2.05) is 0 Å². The monoisotopic (exact) mass is 290 g/mol. The molecule has 6 heteroatoms. The largest absolute Gasteiger partial charge is 0.339 e. The number of nitrogens with zero attached hydrogens (tertiary/aromatic N) is 1. The molecule has 106 valence electrons. The van der Waals surface area contributed by atoms with Crippen LogP contribution in [0.2, 0.25) is 0 Å². The Morgan fingerprint density at radius 2 is 1.95 bits per heavy atom. The van der Waals surface area contributed by atoms with Gasteiger partial charge in [-0.25, -0.2) is 8.78 Å². The fourth-order valence-electron chi connectivity index (χ4n) is 2.21. The summed E-state index contributed by atoms with van der Waals surface area (Å²) in [7, 11) is 1.64. The molecule has 0 bridgehead atoms. The summed E-state index contributed by atoms with van der Waals surface area (Å²) in [4.78, 5) is 13.6. The van der Waals surface area contributed by atoms with Gasteiger partial charge in [0.25, 0.3) is 5.91 Å². The van der Waals surface area contributed by atoms with Gasteiger partial charge in [-0.15, -0.1) is 12.4 Å². The molecule has 1 amide bonds. The molecule has 2 rings (SSSR count). The van der Waals surface area contributed by atoms with Crippen molar-refractivity contribution in [2.75, 3.05) is 20.1 Å². The Balaban J connectivity index is 0.00000180. The van der Waals surface area contributed by atoms with Crippen LogP contribution >= 0.6 is 12.4 Å². The van der Waals surface area contributed by atoms with E-state index in [4.69, 9.17) is 0 Å². The average molecular weight is 291 g/mol. The third-order valence-electron chi connectivity index (χ3n) is 3.34. The van der Waals surface area contributed by atoms with E-state index in [2.05, 4.69) is 5.32 Å². The van der Waals surface area contributed by atoms with Crippen molar-refractivity contribution in [3.8, 4) is 0 Å². The topological polar surface area (TPSA) is 32.3 Å². The molecule has 0 atom stereocenters. The summed E-state index contributed by atoms with van der Waals surface area (Å²) in [5, 5.41) is 3.20. The second-order valence-corrected chi connectivity index (χ2v) is 4.52. The van der Waals surface area contributed by atoms with Gasteiger partial charge in [-0.1, -0.05) is 0 Å². The second kappa shape index (κ2) is 6.82. The minimum Gasteiger partial charge on any atom is -0.339 e. The van der Waals surface area contributed by atoms with Crippen LogP contribution in [-0.4, -0.2) is 37.0 Å². The molecule has 1 N–H and O–H groups in total. The number of nitrogens with one attached hydrogen (secondary N) is 1. The summed E-state index contributed by atoms with van der Waals surface area (Å²) in [6, 6.07) is 3.03. The Morgan fingerprint density at radius 3 is 2.58 bits per heavy atom. The SMILES string of the molecule is CN(C(=O)c1cc(F)ccc1F)C1CCNCC1.Cl. The zero-order valence-electron chi connectivity index (χ0n) is 10.7. The van der Waals surface area contributed by atoms with E-state index in [-0.39, 0.29) is 24.0 Å². The van der Waals surface area contributed by atoms with E-state index < -0.39 is 17.5 Å². The number of rotatable bonds is 2. The predicted molar refractivity (Wildman–Crippen MR) is 71.6 cm³/mol. The van der Waals surface area contributed by atoms with Gasteiger partial charge in [0.15, 0.2) is 0 Å². The molecule has 0 aromatic heterocycles. The van der Waals surface area contributed by atoms with Crippen molar-refractivity contribution >= 4 is 18.3 Å².